The molecule has 0 spiro atoms. The second-order valence-electron chi connectivity index (χ2n) is 6.84. The zero-order valence-electron chi connectivity index (χ0n) is 18.7. The van der Waals surface area contributed by atoms with Gasteiger partial charge in [0.05, 0.1) is 0 Å². The first kappa shape index (κ1) is 28.4. The van der Waals surface area contributed by atoms with E-state index in [-0.39, 0.29) is 43.2 Å². The smallest absolute Gasteiger partial charge is 0 e. The van der Waals surface area contributed by atoms with Gasteiger partial charge in [0, 0.05) is 20.4 Å². The summed E-state index contributed by atoms with van der Waals surface area (Å²) in [6.45, 7) is 0. The molecule has 0 saturated heterocycles. The second kappa shape index (κ2) is 15.3. The average Bonchev–Trinajstić information content (AvgIpc) is 2.81. The SMILES string of the molecule is [CH3-].[CH3-].[Pd].c1ccc(P([CH-]CCP(c2ccccc2)c2ccccc2)c2ccccc2)cc1. The van der Waals surface area contributed by atoms with Gasteiger partial charge in [0.25, 0.3) is 0 Å². The van der Waals surface area contributed by atoms with Gasteiger partial charge < -0.3 is 14.9 Å². The fraction of sp³-hybridized carbons (Fsp3) is 0.0690. The van der Waals surface area contributed by atoms with Crippen LogP contribution in [0.1, 0.15) is 6.42 Å². The summed E-state index contributed by atoms with van der Waals surface area (Å²) >= 11 is 0. The van der Waals surface area contributed by atoms with Crippen LogP contribution in [0.5, 0.6) is 0 Å². The molecule has 4 aromatic carbocycles. The van der Waals surface area contributed by atoms with Crippen molar-refractivity contribution < 1.29 is 20.4 Å². The Morgan fingerprint density at radius 2 is 0.781 bits per heavy atom. The van der Waals surface area contributed by atoms with Crippen molar-refractivity contribution in [1.29, 1.82) is 0 Å². The number of rotatable bonds is 8. The Morgan fingerprint density at radius 1 is 0.469 bits per heavy atom. The van der Waals surface area contributed by atoms with Gasteiger partial charge in [0.2, 0.25) is 0 Å². The standard InChI is InChI=1S/C27H25P2.2CH3.Pd/c1-5-14-24(15-6-1)28(25-16-7-2-8-17-25)22-13-23-29(26-18-9-3-10-19-26)27-20-11-4-12-21-27;;;/h1-12,14-22H,13,23H2;2*1H3;/q3*-1;. The van der Waals surface area contributed by atoms with Crippen molar-refractivity contribution in [2.75, 3.05) is 6.16 Å². The third-order valence-electron chi connectivity index (χ3n) is 4.87. The molecule has 0 radical (unpaired) electrons. The Labute approximate surface area is 211 Å². The molecule has 0 N–H and O–H groups in total. The van der Waals surface area contributed by atoms with E-state index in [0.717, 1.165) is 6.42 Å². The van der Waals surface area contributed by atoms with Crippen molar-refractivity contribution in [2.45, 2.75) is 6.42 Å². The zero-order chi connectivity index (χ0) is 19.7. The molecule has 0 unspecified atom stereocenters. The maximum absolute atomic E-state index is 2.57. The minimum atomic E-state index is -0.434. The van der Waals surface area contributed by atoms with Crippen molar-refractivity contribution in [3.63, 3.8) is 0 Å². The Kier molecular flexibility index (Phi) is 13.6. The summed E-state index contributed by atoms with van der Waals surface area (Å²) in [5, 5.41) is 5.78. The number of hydrogen-bond acceptors (Lipinski definition) is 0. The van der Waals surface area contributed by atoms with Gasteiger partial charge in [-0.15, -0.1) is 0 Å². The summed E-state index contributed by atoms with van der Waals surface area (Å²) in [6.07, 6.45) is 4.87. The largest absolute Gasteiger partial charge is 0.358 e. The van der Waals surface area contributed by atoms with Crippen molar-refractivity contribution in [3.8, 4) is 0 Å². The van der Waals surface area contributed by atoms with Crippen LogP contribution in [0, 0.1) is 21.0 Å². The van der Waals surface area contributed by atoms with Crippen molar-refractivity contribution in [1.82, 2.24) is 0 Å². The van der Waals surface area contributed by atoms with Crippen LogP contribution < -0.4 is 21.2 Å². The Hall–Kier alpha value is -1.60. The van der Waals surface area contributed by atoms with E-state index in [9.17, 15) is 0 Å². The summed E-state index contributed by atoms with van der Waals surface area (Å²) in [6, 6.07) is 43.9. The van der Waals surface area contributed by atoms with Gasteiger partial charge in [-0.25, -0.2) is 7.92 Å². The molecule has 0 amide bonds. The fourth-order valence-electron chi connectivity index (χ4n) is 3.48. The van der Waals surface area contributed by atoms with Crippen LogP contribution in [0.2, 0.25) is 0 Å². The quantitative estimate of drug-likeness (QED) is 0.131. The molecule has 0 atom stereocenters. The van der Waals surface area contributed by atoms with Gasteiger partial charge in [-0.2, -0.15) is 6.42 Å². The third kappa shape index (κ3) is 7.77. The molecule has 0 aliphatic rings. The minimum absolute atomic E-state index is 0. The fourth-order valence-corrected chi connectivity index (χ4v) is 8.04. The first-order chi connectivity index (χ1) is 14.4. The number of benzene rings is 4. The summed E-state index contributed by atoms with van der Waals surface area (Å²) < 4.78 is 0. The van der Waals surface area contributed by atoms with E-state index in [0.29, 0.717) is 0 Å². The molecule has 0 fully saturated rings. The molecule has 0 bridgehead atoms. The predicted molar refractivity (Wildman–Crippen MR) is 145 cm³/mol. The molecule has 4 aromatic rings. The predicted octanol–water partition coefficient (Wildman–Crippen LogP) is 6.70. The summed E-state index contributed by atoms with van der Waals surface area (Å²) in [5.41, 5.74) is 0. The van der Waals surface area contributed by atoms with Gasteiger partial charge in [0.15, 0.2) is 0 Å². The summed E-state index contributed by atoms with van der Waals surface area (Å²) in [7, 11) is -0.774. The van der Waals surface area contributed by atoms with E-state index in [4.69, 9.17) is 0 Å². The van der Waals surface area contributed by atoms with E-state index in [2.05, 4.69) is 127 Å². The topological polar surface area (TPSA) is 0 Å². The summed E-state index contributed by atoms with van der Waals surface area (Å²) in [5.74, 6) is 0. The second-order valence-corrected chi connectivity index (χ2v) is 11.3. The van der Waals surface area contributed by atoms with E-state index in [1.54, 1.807) is 0 Å². The molecule has 32 heavy (non-hydrogen) atoms. The van der Waals surface area contributed by atoms with Crippen LogP contribution in [0.15, 0.2) is 121 Å². The van der Waals surface area contributed by atoms with Crippen LogP contribution in [0.25, 0.3) is 0 Å². The average molecular weight is 548 g/mol. The molecular formula is C29H31P2Pd-3. The van der Waals surface area contributed by atoms with Gasteiger partial charge in [-0.3, -0.25) is 6.16 Å². The maximum Gasteiger partial charge on any atom is 0 e. The van der Waals surface area contributed by atoms with Gasteiger partial charge >= 0.3 is 0 Å². The maximum atomic E-state index is 2.57. The molecule has 0 saturated carbocycles. The van der Waals surface area contributed by atoms with E-state index in [1.165, 1.54) is 27.4 Å². The van der Waals surface area contributed by atoms with Crippen molar-refractivity contribution in [3.05, 3.63) is 142 Å². The third-order valence-corrected chi connectivity index (χ3v) is 9.75. The molecule has 0 aliphatic carbocycles. The molecule has 170 valence electrons. The van der Waals surface area contributed by atoms with Gasteiger partial charge in [0.1, 0.15) is 0 Å². The Bertz CT molecular complexity index is 815. The van der Waals surface area contributed by atoms with E-state index < -0.39 is 7.92 Å². The zero-order valence-corrected chi connectivity index (χ0v) is 22.1. The van der Waals surface area contributed by atoms with Gasteiger partial charge in [-0.1, -0.05) is 138 Å². The monoisotopic (exact) mass is 547 g/mol. The van der Waals surface area contributed by atoms with Gasteiger partial charge in [-0.05, 0) is 18.5 Å². The molecule has 3 heteroatoms. The van der Waals surface area contributed by atoms with Crippen LogP contribution in [0.3, 0.4) is 0 Å². The molecular weight excluding hydrogens is 517 g/mol. The van der Waals surface area contributed by atoms with Crippen LogP contribution in [-0.4, -0.2) is 6.16 Å². The first-order valence-electron chi connectivity index (χ1n) is 10.0. The Balaban J connectivity index is 0.00000171. The molecule has 0 aliphatic heterocycles. The molecule has 4 rings (SSSR count). The first-order valence-corrected chi connectivity index (χ1v) is 13.0. The summed E-state index contributed by atoms with van der Waals surface area (Å²) in [4.78, 5) is 0. The molecule has 0 aromatic heterocycles. The molecule has 0 heterocycles. The van der Waals surface area contributed by atoms with Crippen molar-refractivity contribution >= 4 is 37.1 Å². The molecule has 0 nitrogen and oxygen atoms in total. The normalized spacial score (nSPS) is 10.1. The van der Waals surface area contributed by atoms with Crippen LogP contribution >= 0.6 is 15.8 Å². The van der Waals surface area contributed by atoms with Crippen LogP contribution in [0.4, 0.5) is 0 Å². The number of hydrogen-bond donors (Lipinski definition) is 0. The Morgan fingerprint density at radius 3 is 1.12 bits per heavy atom. The van der Waals surface area contributed by atoms with Crippen LogP contribution in [-0.2, 0) is 20.4 Å². The van der Waals surface area contributed by atoms with E-state index in [1.807, 2.05) is 0 Å². The minimum Gasteiger partial charge on any atom is -0.358 e. The van der Waals surface area contributed by atoms with E-state index >= 15 is 0 Å². The van der Waals surface area contributed by atoms with Crippen molar-refractivity contribution in [2.24, 2.45) is 0 Å².